The van der Waals surface area contributed by atoms with Crippen LogP contribution in [-0.4, -0.2) is 86.4 Å². The molecular formula is C21H24FN3O9. The van der Waals surface area contributed by atoms with E-state index in [1.807, 2.05) is 9.47 Å². The molecule has 2 heterocycles. The van der Waals surface area contributed by atoms with Gasteiger partial charge >= 0.3 is 17.9 Å². The summed E-state index contributed by atoms with van der Waals surface area (Å²) < 4.78 is 16.4. The van der Waals surface area contributed by atoms with E-state index in [1.165, 1.54) is 12.3 Å². The average molecular weight is 481 g/mol. The molecule has 2 fully saturated rings. The van der Waals surface area contributed by atoms with E-state index in [0.717, 1.165) is 25.9 Å². The van der Waals surface area contributed by atoms with Gasteiger partial charge in [-0.25, -0.2) is 18.8 Å². The van der Waals surface area contributed by atoms with Crippen molar-refractivity contribution in [2.75, 3.05) is 31.1 Å². The number of hydrogen-bond acceptors (Lipinski definition) is 8. The molecule has 1 aromatic heterocycles. The van der Waals surface area contributed by atoms with Crippen LogP contribution in [0.2, 0.25) is 0 Å². The molecular weight excluding hydrogens is 457 g/mol. The van der Waals surface area contributed by atoms with Crippen molar-refractivity contribution in [1.82, 2.24) is 9.88 Å². The van der Waals surface area contributed by atoms with Crippen molar-refractivity contribution in [2.24, 2.45) is 0 Å². The molecule has 12 nitrogen and oxygen atoms in total. The molecule has 0 radical (unpaired) electrons. The lowest BCUT2D eigenvalue weighted by atomic mass is 10.1. The summed E-state index contributed by atoms with van der Waals surface area (Å²) >= 11 is 0. The molecule has 0 spiro atoms. The zero-order valence-corrected chi connectivity index (χ0v) is 17.8. The van der Waals surface area contributed by atoms with Gasteiger partial charge in [-0.05, 0) is 25.0 Å². The van der Waals surface area contributed by atoms with Crippen LogP contribution in [0.4, 0.5) is 10.1 Å². The summed E-state index contributed by atoms with van der Waals surface area (Å²) in [5.74, 6) is -5.29. The first-order chi connectivity index (χ1) is 16.0. The quantitative estimate of drug-likeness (QED) is 0.311. The summed E-state index contributed by atoms with van der Waals surface area (Å²) in [5, 5.41) is 45.1. The van der Waals surface area contributed by atoms with Gasteiger partial charge in [0.05, 0.1) is 11.2 Å². The SMILES string of the molecule is O=C(O)C(O)C(O)C(=O)O.O=C(O)c1cn(C2CC2)c2cc(N3CCNCC3)c(F)cc2c1=O. The van der Waals surface area contributed by atoms with Crippen LogP contribution >= 0.6 is 0 Å². The maximum atomic E-state index is 14.6. The van der Waals surface area contributed by atoms with E-state index in [1.54, 1.807) is 6.07 Å². The second-order valence-electron chi connectivity index (χ2n) is 7.94. The number of aromatic carboxylic acids is 1. The summed E-state index contributed by atoms with van der Waals surface area (Å²) in [4.78, 5) is 45.3. The van der Waals surface area contributed by atoms with Crippen LogP contribution in [0, 0.1) is 5.82 Å². The van der Waals surface area contributed by atoms with Gasteiger partial charge in [0.15, 0.2) is 12.2 Å². The van der Waals surface area contributed by atoms with Gasteiger partial charge in [0.25, 0.3) is 0 Å². The average Bonchev–Trinajstić information content (AvgIpc) is 3.64. The Kier molecular flexibility index (Phi) is 7.49. The van der Waals surface area contributed by atoms with Crippen molar-refractivity contribution < 1.29 is 44.3 Å². The second kappa shape index (κ2) is 10.2. The van der Waals surface area contributed by atoms with Crippen LogP contribution in [0.3, 0.4) is 0 Å². The smallest absolute Gasteiger partial charge is 0.341 e. The first-order valence-corrected chi connectivity index (χ1v) is 10.4. The molecule has 2 atom stereocenters. The Balaban J connectivity index is 0.000000277. The number of carbonyl (C=O) groups is 3. The zero-order chi connectivity index (χ0) is 25.2. The number of halogens is 1. The summed E-state index contributed by atoms with van der Waals surface area (Å²) in [6.45, 7) is 2.96. The molecule has 1 saturated heterocycles. The van der Waals surface area contributed by atoms with Gasteiger partial charge in [-0.15, -0.1) is 0 Å². The number of fused-ring (bicyclic) bond motifs is 1. The third kappa shape index (κ3) is 5.32. The third-order valence-electron chi connectivity index (χ3n) is 5.53. The monoisotopic (exact) mass is 481 g/mol. The molecule has 6 N–H and O–H groups in total. The van der Waals surface area contributed by atoms with E-state index in [0.29, 0.717) is 24.3 Å². The number of aliphatic hydroxyl groups is 2. The highest BCUT2D eigenvalue weighted by Gasteiger charge is 2.29. The maximum absolute atomic E-state index is 14.6. The largest absolute Gasteiger partial charge is 0.479 e. The fourth-order valence-corrected chi connectivity index (χ4v) is 3.58. The predicted octanol–water partition coefficient (Wildman–Crippen LogP) is -0.539. The van der Waals surface area contributed by atoms with Crippen LogP contribution in [0.5, 0.6) is 0 Å². The van der Waals surface area contributed by atoms with Crippen LogP contribution < -0.4 is 15.6 Å². The topological polar surface area (TPSA) is 190 Å². The lowest BCUT2D eigenvalue weighted by molar-refractivity contribution is -0.165. The number of nitrogens with one attached hydrogen (secondary N) is 1. The van der Waals surface area contributed by atoms with Gasteiger partial charge in [-0.2, -0.15) is 0 Å². The van der Waals surface area contributed by atoms with Crippen molar-refractivity contribution in [3.63, 3.8) is 0 Å². The van der Waals surface area contributed by atoms with Gasteiger partial charge in [0, 0.05) is 43.8 Å². The standard InChI is InChI=1S/C17H18FN3O3.C4H6O6/c18-13-7-11-14(8-15(13)20-5-3-19-4-6-20)21(10-1-2-10)9-12(16(11)22)17(23)24;5-1(3(7)8)2(6)4(9)10/h7-10,19H,1-6H2,(H,23,24);1-2,5-6H,(H,7,8)(H,9,10). The lowest BCUT2D eigenvalue weighted by Gasteiger charge is -2.30. The number of hydrogen-bond donors (Lipinski definition) is 6. The molecule has 13 heteroatoms. The molecule has 0 bridgehead atoms. The molecule has 34 heavy (non-hydrogen) atoms. The van der Waals surface area contributed by atoms with E-state index in [-0.39, 0.29) is 17.0 Å². The number of anilines is 1. The predicted molar refractivity (Wildman–Crippen MR) is 116 cm³/mol. The Morgan fingerprint density at radius 3 is 2.03 bits per heavy atom. The summed E-state index contributed by atoms with van der Waals surface area (Å²) in [6, 6.07) is 3.08. The summed E-state index contributed by atoms with van der Waals surface area (Å²) in [5.41, 5.74) is 0.159. The Hall–Kier alpha value is -3.55. The normalized spacial score (nSPS) is 17.4. The minimum absolute atomic E-state index is 0.137. The Morgan fingerprint density at radius 1 is 1.00 bits per heavy atom. The molecule has 2 aromatic rings. The lowest BCUT2D eigenvalue weighted by Crippen LogP contribution is -2.43. The molecule has 1 aliphatic carbocycles. The number of aliphatic carboxylic acids is 2. The van der Waals surface area contributed by atoms with Crippen LogP contribution in [0.25, 0.3) is 10.9 Å². The van der Waals surface area contributed by atoms with Crippen molar-refractivity contribution >= 4 is 34.5 Å². The minimum Gasteiger partial charge on any atom is -0.479 e. The molecule has 0 amide bonds. The Labute approximate surface area is 191 Å². The van der Waals surface area contributed by atoms with Gasteiger partial charge in [-0.3, -0.25) is 4.79 Å². The van der Waals surface area contributed by atoms with Crippen molar-refractivity contribution in [3.05, 3.63) is 39.9 Å². The number of carboxylic acid groups (broad SMARTS) is 3. The van der Waals surface area contributed by atoms with Gasteiger partial charge in [0.1, 0.15) is 11.4 Å². The molecule has 2 aliphatic rings. The van der Waals surface area contributed by atoms with Crippen molar-refractivity contribution in [2.45, 2.75) is 31.1 Å². The van der Waals surface area contributed by atoms with Crippen LogP contribution in [-0.2, 0) is 9.59 Å². The molecule has 1 saturated carbocycles. The Bertz CT molecular complexity index is 1150. The van der Waals surface area contributed by atoms with Crippen molar-refractivity contribution in [1.29, 1.82) is 0 Å². The zero-order valence-electron chi connectivity index (χ0n) is 17.8. The highest BCUT2D eigenvalue weighted by molar-refractivity contribution is 5.93. The van der Waals surface area contributed by atoms with E-state index in [2.05, 4.69) is 5.32 Å². The van der Waals surface area contributed by atoms with Gasteiger partial charge < -0.3 is 40.3 Å². The highest BCUT2D eigenvalue weighted by atomic mass is 19.1. The number of piperazine rings is 1. The number of carboxylic acids is 3. The number of pyridine rings is 1. The number of aliphatic hydroxyl groups excluding tert-OH is 2. The van der Waals surface area contributed by atoms with E-state index >= 15 is 0 Å². The highest BCUT2D eigenvalue weighted by Crippen LogP contribution is 2.38. The third-order valence-corrected chi connectivity index (χ3v) is 5.53. The number of nitrogens with zero attached hydrogens (tertiary/aromatic N) is 2. The summed E-state index contributed by atoms with van der Waals surface area (Å²) in [6.07, 6.45) is -1.24. The molecule has 184 valence electrons. The molecule has 1 aromatic carbocycles. The first kappa shape index (κ1) is 25.1. The van der Waals surface area contributed by atoms with E-state index < -0.39 is 41.4 Å². The van der Waals surface area contributed by atoms with E-state index in [4.69, 9.17) is 20.4 Å². The Morgan fingerprint density at radius 2 is 1.56 bits per heavy atom. The first-order valence-electron chi connectivity index (χ1n) is 10.4. The van der Waals surface area contributed by atoms with Crippen LogP contribution in [0.15, 0.2) is 23.1 Å². The van der Waals surface area contributed by atoms with Crippen LogP contribution in [0.1, 0.15) is 29.2 Å². The van der Waals surface area contributed by atoms with Gasteiger partial charge in [-0.1, -0.05) is 0 Å². The van der Waals surface area contributed by atoms with Gasteiger partial charge in [0.2, 0.25) is 5.43 Å². The fourth-order valence-electron chi connectivity index (χ4n) is 3.58. The number of aromatic nitrogens is 1. The van der Waals surface area contributed by atoms with Crippen molar-refractivity contribution in [3.8, 4) is 0 Å². The summed E-state index contributed by atoms with van der Waals surface area (Å²) in [7, 11) is 0. The minimum atomic E-state index is -2.27. The molecule has 2 unspecified atom stereocenters. The number of benzene rings is 1. The molecule has 4 rings (SSSR count). The fraction of sp³-hybridized carbons (Fsp3) is 0.429. The van der Waals surface area contributed by atoms with E-state index in [9.17, 15) is 28.7 Å². The number of rotatable bonds is 6. The molecule has 1 aliphatic heterocycles. The second-order valence-corrected chi connectivity index (χ2v) is 7.94. The maximum Gasteiger partial charge on any atom is 0.341 e.